The highest BCUT2D eigenvalue weighted by molar-refractivity contribution is 9.10. The number of hydrogen-bond acceptors (Lipinski definition) is 6. The lowest BCUT2D eigenvalue weighted by Crippen LogP contribution is -2.26. The predicted octanol–water partition coefficient (Wildman–Crippen LogP) is 2.05. The summed E-state index contributed by atoms with van der Waals surface area (Å²) in [5.41, 5.74) is 0.891. The fourth-order valence-corrected chi connectivity index (χ4v) is 4.43. The number of furan rings is 1. The summed E-state index contributed by atoms with van der Waals surface area (Å²) in [6.45, 7) is 2.68. The van der Waals surface area contributed by atoms with Gasteiger partial charge in [-0.2, -0.15) is 0 Å². The minimum absolute atomic E-state index is 0.113. The lowest BCUT2D eigenvalue weighted by atomic mass is 10.3. The molecule has 0 saturated carbocycles. The van der Waals surface area contributed by atoms with Gasteiger partial charge in [0.25, 0.3) is 0 Å². The van der Waals surface area contributed by atoms with Crippen molar-refractivity contribution < 1.29 is 12.8 Å². The average molecular weight is 394 g/mol. The highest BCUT2D eigenvalue weighted by Crippen LogP contribution is 2.26. The first-order valence-electron chi connectivity index (χ1n) is 6.26. The minimum atomic E-state index is -3.59. The van der Waals surface area contributed by atoms with Gasteiger partial charge in [0.15, 0.2) is 4.67 Å². The van der Waals surface area contributed by atoms with Crippen molar-refractivity contribution in [3.8, 4) is 0 Å². The summed E-state index contributed by atoms with van der Waals surface area (Å²) >= 11 is 4.69. The molecule has 2 aromatic rings. The number of halogens is 1. The maximum atomic E-state index is 12.2. The highest BCUT2D eigenvalue weighted by Gasteiger charge is 2.22. The van der Waals surface area contributed by atoms with Crippen LogP contribution >= 0.6 is 27.3 Å². The van der Waals surface area contributed by atoms with Crippen molar-refractivity contribution in [2.24, 2.45) is 0 Å². The Hall–Kier alpha value is -0.740. The Morgan fingerprint density at radius 2 is 2.24 bits per heavy atom. The van der Waals surface area contributed by atoms with Crippen LogP contribution in [0.2, 0.25) is 0 Å². The molecule has 0 aromatic carbocycles. The van der Waals surface area contributed by atoms with E-state index < -0.39 is 10.0 Å². The SMILES string of the molecule is CNCc1cc(S(=O)(=O)NCCc2csc(C)n2)c(Br)o1. The van der Waals surface area contributed by atoms with Crippen molar-refractivity contribution in [3.63, 3.8) is 0 Å². The second-order valence-electron chi connectivity index (χ2n) is 4.39. The van der Waals surface area contributed by atoms with Crippen LogP contribution in [-0.4, -0.2) is 27.0 Å². The lowest BCUT2D eigenvalue weighted by Gasteiger charge is -2.03. The van der Waals surface area contributed by atoms with Crippen LogP contribution in [0.3, 0.4) is 0 Å². The molecule has 0 fully saturated rings. The molecule has 2 heterocycles. The first-order valence-corrected chi connectivity index (χ1v) is 9.41. The molecule has 6 nitrogen and oxygen atoms in total. The largest absolute Gasteiger partial charge is 0.452 e. The number of hydrogen-bond donors (Lipinski definition) is 2. The van der Waals surface area contributed by atoms with E-state index in [0.29, 0.717) is 25.3 Å². The standard InChI is InChI=1S/C12H16BrN3O3S2/c1-8-16-9(7-20-8)3-4-15-21(17,18)11-5-10(6-14-2)19-12(11)13/h5,7,14-15H,3-4,6H2,1-2H3. The Kier molecular flexibility index (Phi) is 5.55. The van der Waals surface area contributed by atoms with Gasteiger partial charge >= 0.3 is 0 Å². The minimum Gasteiger partial charge on any atom is -0.452 e. The number of nitrogens with zero attached hydrogens (tertiary/aromatic N) is 1. The topological polar surface area (TPSA) is 84.2 Å². The Balaban J connectivity index is 2.01. The fraction of sp³-hybridized carbons (Fsp3) is 0.417. The normalized spacial score (nSPS) is 12.0. The smallest absolute Gasteiger partial charge is 0.244 e. The molecule has 0 unspecified atom stereocenters. The molecule has 0 aliphatic carbocycles. The van der Waals surface area contributed by atoms with Gasteiger partial charge in [-0.25, -0.2) is 18.1 Å². The van der Waals surface area contributed by atoms with Crippen LogP contribution in [0.1, 0.15) is 16.5 Å². The molecular weight excluding hydrogens is 378 g/mol. The number of aromatic nitrogens is 1. The van der Waals surface area contributed by atoms with E-state index in [1.54, 1.807) is 18.4 Å². The van der Waals surface area contributed by atoms with Crippen LogP contribution in [0, 0.1) is 6.92 Å². The van der Waals surface area contributed by atoms with Gasteiger partial charge in [0, 0.05) is 24.4 Å². The van der Waals surface area contributed by atoms with Crippen molar-refractivity contribution in [1.29, 1.82) is 0 Å². The molecule has 0 saturated heterocycles. The van der Waals surface area contributed by atoms with E-state index >= 15 is 0 Å². The quantitative estimate of drug-likeness (QED) is 0.751. The van der Waals surface area contributed by atoms with Crippen LogP contribution in [0.5, 0.6) is 0 Å². The summed E-state index contributed by atoms with van der Waals surface area (Å²) in [5, 5.41) is 5.81. The molecule has 0 amide bonds. The van der Waals surface area contributed by atoms with E-state index in [1.807, 2.05) is 12.3 Å². The maximum absolute atomic E-state index is 12.2. The third-order valence-electron chi connectivity index (χ3n) is 2.69. The summed E-state index contributed by atoms with van der Waals surface area (Å²) in [5.74, 6) is 0.555. The Morgan fingerprint density at radius 1 is 1.48 bits per heavy atom. The van der Waals surface area contributed by atoms with Gasteiger partial charge in [-0.05, 0) is 29.9 Å². The zero-order valence-corrected chi connectivity index (χ0v) is 14.9. The van der Waals surface area contributed by atoms with Gasteiger partial charge in [-0.1, -0.05) is 0 Å². The summed E-state index contributed by atoms with van der Waals surface area (Å²) in [6.07, 6.45) is 0.558. The van der Waals surface area contributed by atoms with Crippen LogP contribution in [-0.2, 0) is 23.0 Å². The van der Waals surface area contributed by atoms with Crippen LogP contribution < -0.4 is 10.0 Å². The molecule has 0 spiro atoms. The predicted molar refractivity (Wildman–Crippen MR) is 84.9 cm³/mol. The fourth-order valence-electron chi connectivity index (χ4n) is 1.76. The summed E-state index contributed by atoms with van der Waals surface area (Å²) in [6, 6.07) is 1.51. The zero-order valence-electron chi connectivity index (χ0n) is 11.6. The molecule has 0 radical (unpaired) electrons. The second kappa shape index (κ2) is 7.01. The van der Waals surface area contributed by atoms with Gasteiger partial charge in [-0.3, -0.25) is 0 Å². The summed E-state index contributed by atoms with van der Waals surface area (Å²) in [4.78, 5) is 4.41. The average Bonchev–Trinajstić information content (AvgIpc) is 2.96. The number of sulfonamides is 1. The molecule has 2 aromatic heterocycles. The van der Waals surface area contributed by atoms with Gasteiger partial charge < -0.3 is 9.73 Å². The maximum Gasteiger partial charge on any atom is 0.244 e. The Bertz CT molecular complexity index is 709. The molecule has 0 bridgehead atoms. The molecular formula is C12H16BrN3O3S2. The van der Waals surface area contributed by atoms with E-state index in [0.717, 1.165) is 10.7 Å². The van der Waals surface area contributed by atoms with E-state index in [9.17, 15) is 8.42 Å². The molecule has 21 heavy (non-hydrogen) atoms. The van der Waals surface area contributed by atoms with E-state index in [4.69, 9.17) is 4.42 Å². The van der Waals surface area contributed by atoms with Gasteiger partial charge in [0.05, 0.1) is 17.2 Å². The summed E-state index contributed by atoms with van der Waals surface area (Å²) in [7, 11) is -1.83. The van der Waals surface area contributed by atoms with Crippen molar-refractivity contribution >= 4 is 37.3 Å². The molecule has 2 rings (SSSR count). The molecule has 0 atom stereocenters. The van der Waals surface area contributed by atoms with Crippen LogP contribution in [0.4, 0.5) is 0 Å². The summed E-state index contributed by atoms with van der Waals surface area (Å²) < 4.78 is 32.6. The molecule has 2 N–H and O–H groups in total. The molecule has 116 valence electrons. The number of nitrogens with one attached hydrogen (secondary N) is 2. The van der Waals surface area contributed by atoms with Gasteiger partial charge in [0.1, 0.15) is 10.7 Å². The third-order valence-corrected chi connectivity index (χ3v) is 5.83. The van der Waals surface area contributed by atoms with Crippen LogP contribution in [0.25, 0.3) is 0 Å². The van der Waals surface area contributed by atoms with Gasteiger partial charge in [-0.15, -0.1) is 11.3 Å². The Labute approximate surface area is 136 Å². The third kappa shape index (κ3) is 4.36. The van der Waals surface area contributed by atoms with Crippen molar-refractivity contribution in [2.45, 2.75) is 24.8 Å². The monoisotopic (exact) mass is 393 g/mol. The number of thiazole rings is 1. The zero-order chi connectivity index (χ0) is 15.5. The molecule has 0 aliphatic rings. The van der Waals surface area contributed by atoms with E-state index in [2.05, 4.69) is 31.0 Å². The van der Waals surface area contributed by atoms with E-state index in [-0.39, 0.29) is 9.56 Å². The molecule has 9 heteroatoms. The Morgan fingerprint density at radius 3 is 2.86 bits per heavy atom. The van der Waals surface area contributed by atoms with Gasteiger partial charge in [0.2, 0.25) is 10.0 Å². The second-order valence-corrected chi connectivity index (χ2v) is 7.90. The lowest BCUT2D eigenvalue weighted by molar-refractivity contribution is 0.470. The molecule has 0 aliphatic heterocycles. The first-order chi connectivity index (χ1) is 9.92. The van der Waals surface area contributed by atoms with Crippen LogP contribution in [0.15, 0.2) is 25.4 Å². The van der Waals surface area contributed by atoms with Crippen molar-refractivity contribution in [3.05, 3.63) is 32.6 Å². The van der Waals surface area contributed by atoms with Crippen molar-refractivity contribution in [1.82, 2.24) is 15.0 Å². The van der Waals surface area contributed by atoms with E-state index in [1.165, 1.54) is 6.07 Å². The van der Waals surface area contributed by atoms with Crippen molar-refractivity contribution in [2.75, 3.05) is 13.6 Å². The number of aryl methyl sites for hydroxylation is 1. The first kappa shape index (κ1) is 16.6. The highest BCUT2D eigenvalue weighted by atomic mass is 79.9. The number of rotatable bonds is 7.